The van der Waals surface area contributed by atoms with Gasteiger partial charge in [-0.2, -0.15) is 0 Å². The Morgan fingerprint density at radius 3 is 2.10 bits per heavy atom. The molecule has 3 aliphatic carbocycles. The lowest BCUT2D eigenvalue weighted by Gasteiger charge is -2.46. The van der Waals surface area contributed by atoms with E-state index < -0.39 is 0 Å². The summed E-state index contributed by atoms with van der Waals surface area (Å²) in [7, 11) is 0. The molecule has 0 aromatic rings. The molecule has 4 fully saturated rings. The average Bonchev–Trinajstić information content (AvgIpc) is 3.14. The molecule has 0 aromatic carbocycles. The molecule has 1 heteroatoms. The van der Waals surface area contributed by atoms with E-state index in [9.17, 15) is 0 Å². The van der Waals surface area contributed by atoms with Crippen LogP contribution in [0.15, 0.2) is 0 Å². The molecule has 4 aliphatic rings. The van der Waals surface area contributed by atoms with Crippen molar-refractivity contribution in [3.8, 4) is 0 Å². The van der Waals surface area contributed by atoms with Crippen LogP contribution in [0.2, 0.25) is 0 Å². The van der Waals surface area contributed by atoms with Crippen LogP contribution in [-0.4, -0.2) is 12.6 Å². The van der Waals surface area contributed by atoms with Crippen molar-refractivity contribution in [3.63, 3.8) is 0 Å². The zero-order chi connectivity index (χ0) is 14.4. The normalized spacial score (nSPS) is 44.6. The minimum atomic E-state index is 0.570. The molecule has 1 nitrogen and oxygen atoms in total. The molecule has 120 valence electrons. The van der Waals surface area contributed by atoms with Crippen LogP contribution in [0.5, 0.6) is 0 Å². The van der Waals surface area contributed by atoms with Gasteiger partial charge in [-0.3, -0.25) is 0 Å². The third-order valence-corrected chi connectivity index (χ3v) is 8.09. The molecule has 3 saturated carbocycles. The fourth-order valence-electron chi connectivity index (χ4n) is 7.20. The fourth-order valence-corrected chi connectivity index (χ4v) is 7.20. The van der Waals surface area contributed by atoms with Crippen LogP contribution in [-0.2, 0) is 0 Å². The molecule has 21 heavy (non-hydrogen) atoms. The molecule has 1 heterocycles. The molecule has 0 radical (unpaired) electrons. The Bertz CT molecular complexity index is 346. The first-order valence-corrected chi connectivity index (χ1v) is 9.93. The Labute approximate surface area is 131 Å². The van der Waals surface area contributed by atoms with E-state index in [0.717, 1.165) is 35.6 Å². The molecular weight excluding hydrogens is 254 g/mol. The standard InChI is InChI=1S/C20H35N/c1-20(2,14-8-3-4-9-14)18-16-11-6-5-10-15(16)17-12-7-13-21-19(17)18/h14-19,21H,3-13H2,1-2H3. The lowest BCUT2D eigenvalue weighted by Crippen LogP contribution is -2.49. The summed E-state index contributed by atoms with van der Waals surface area (Å²) < 4.78 is 0. The first kappa shape index (κ1) is 14.5. The maximum absolute atomic E-state index is 4.02. The minimum Gasteiger partial charge on any atom is -0.313 e. The van der Waals surface area contributed by atoms with Crippen LogP contribution in [0, 0.1) is 35.0 Å². The summed E-state index contributed by atoms with van der Waals surface area (Å²) >= 11 is 0. The van der Waals surface area contributed by atoms with Gasteiger partial charge in [0.15, 0.2) is 0 Å². The lowest BCUT2D eigenvalue weighted by atomic mass is 9.61. The SMILES string of the molecule is CC(C)(C1CCCC1)C1C2CCCCC2C2CCCNC21. The van der Waals surface area contributed by atoms with Gasteiger partial charge in [-0.05, 0) is 80.1 Å². The van der Waals surface area contributed by atoms with Gasteiger partial charge < -0.3 is 5.32 Å². The molecule has 0 aromatic heterocycles. The van der Waals surface area contributed by atoms with Gasteiger partial charge in [0.05, 0.1) is 0 Å². The second-order valence-corrected chi connectivity index (χ2v) is 9.23. The summed E-state index contributed by atoms with van der Waals surface area (Å²) in [6, 6.07) is 0.863. The Morgan fingerprint density at radius 2 is 1.33 bits per heavy atom. The molecule has 5 atom stereocenters. The Kier molecular flexibility index (Phi) is 3.84. The molecule has 5 unspecified atom stereocenters. The van der Waals surface area contributed by atoms with Crippen molar-refractivity contribution in [1.29, 1.82) is 0 Å². The number of rotatable bonds is 2. The maximum atomic E-state index is 4.02. The van der Waals surface area contributed by atoms with Gasteiger partial charge in [0, 0.05) is 6.04 Å². The average molecular weight is 290 g/mol. The van der Waals surface area contributed by atoms with Gasteiger partial charge in [-0.1, -0.05) is 39.5 Å². The molecule has 4 rings (SSSR count). The molecule has 1 aliphatic heterocycles. The van der Waals surface area contributed by atoms with E-state index in [1.54, 1.807) is 12.8 Å². The summed E-state index contributed by atoms with van der Waals surface area (Å²) in [5.74, 6) is 5.12. The van der Waals surface area contributed by atoms with Crippen LogP contribution in [0.25, 0.3) is 0 Å². The third kappa shape index (κ3) is 2.30. The number of hydrogen-bond acceptors (Lipinski definition) is 1. The van der Waals surface area contributed by atoms with Crippen molar-refractivity contribution in [3.05, 3.63) is 0 Å². The third-order valence-electron chi connectivity index (χ3n) is 8.09. The highest BCUT2D eigenvalue weighted by atomic mass is 15.0. The largest absolute Gasteiger partial charge is 0.313 e. The quantitative estimate of drug-likeness (QED) is 0.753. The number of fused-ring (bicyclic) bond motifs is 3. The predicted octanol–water partition coefficient (Wildman–Crippen LogP) is 5.01. The molecule has 1 saturated heterocycles. The predicted molar refractivity (Wildman–Crippen MR) is 89.2 cm³/mol. The van der Waals surface area contributed by atoms with Gasteiger partial charge in [-0.15, -0.1) is 0 Å². The highest BCUT2D eigenvalue weighted by Gasteiger charge is 2.57. The summed E-state index contributed by atoms with van der Waals surface area (Å²) in [4.78, 5) is 0. The van der Waals surface area contributed by atoms with E-state index in [1.807, 2.05) is 0 Å². The first-order valence-electron chi connectivity index (χ1n) is 9.93. The smallest absolute Gasteiger partial charge is 0.0134 e. The van der Waals surface area contributed by atoms with Gasteiger partial charge >= 0.3 is 0 Å². The van der Waals surface area contributed by atoms with E-state index in [4.69, 9.17) is 0 Å². The van der Waals surface area contributed by atoms with Crippen molar-refractivity contribution >= 4 is 0 Å². The van der Waals surface area contributed by atoms with Gasteiger partial charge in [0.25, 0.3) is 0 Å². The van der Waals surface area contributed by atoms with Crippen molar-refractivity contribution in [2.24, 2.45) is 35.0 Å². The molecule has 0 amide bonds. The molecule has 1 N–H and O–H groups in total. The zero-order valence-corrected chi connectivity index (χ0v) is 14.2. The number of piperidine rings is 1. The Balaban J connectivity index is 1.64. The maximum Gasteiger partial charge on any atom is 0.0134 e. The van der Waals surface area contributed by atoms with Crippen molar-refractivity contribution in [2.45, 2.75) is 84.1 Å². The van der Waals surface area contributed by atoms with E-state index in [0.29, 0.717) is 5.41 Å². The monoisotopic (exact) mass is 289 g/mol. The van der Waals surface area contributed by atoms with Gasteiger partial charge in [-0.25, -0.2) is 0 Å². The number of nitrogens with one attached hydrogen (secondary N) is 1. The lowest BCUT2D eigenvalue weighted by molar-refractivity contribution is 0.0470. The highest BCUT2D eigenvalue weighted by molar-refractivity contribution is 5.08. The van der Waals surface area contributed by atoms with Crippen molar-refractivity contribution < 1.29 is 0 Å². The van der Waals surface area contributed by atoms with Crippen LogP contribution in [0.3, 0.4) is 0 Å². The van der Waals surface area contributed by atoms with E-state index in [2.05, 4.69) is 19.2 Å². The van der Waals surface area contributed by atoms with E-state index >= 15 is 0 Å². The molecular formula is C20H35N. The van der Waals surface area contributed by atoms with Crippen LogP contribution >= 0.6 is 0 Å². The molecule has 0 spiro atoms. The van der Waals surface area contributed by atoms with Gasteiger partial charge in [0.2, 0.25) is 0 Å². The summed E-state index contributed by atoms with van der Waals surface area (Å²) in [6.07, 6.45) is 15.1. The zero-order valence-electron chi connectivity index (χ0n) is 14.2. The van der Waals surface area contributed by atoms with E-state index in [-0.39, 0.29) is 0 Å². The second kappa shape index (κ2) is 5.55. The highest BCUT2D eigenvalue weighted by Crippen LogP contribution is 2.60. The summed E-state index contributed by atoms with van der Waals surface area (Å²) in [5, 5.41) is 4.02. The Hall–Kier alpha value is -0.0400. The first-order chi connectivity index (χ1) is 10.2. The summed E-state index contributed by atoms with van der Waals surface area (Å²) in [6.45, 7) is 6.59. The molecule has 0 bridgehead atoms. The van der Waals surface area contributed by atoms with Crippen molar-refractivity contribution in [2.75, 3.05) is 6.54 Å². The number of hydrogen-bond donors (Lipinski definition) is 1. The topological polar surface area (TPSA) is 12.0 Å². The minimum absolute atomic E-state index is 0.570. The van der Waals surface area contributed by atoms with Crippen molar-refractivity contribution in [1.82, 2.24) is 5.32 Å². The Morgan fingerprint density at radius 1 is 0.714 bits per heavy atom. The van der Waals surface area contributed by atoms with E-state index in [1.165, 1.54) is 57.9 Å². The fraction of sp³-hybridized carbons (Fsp3) is 1.00. The second-order valence-electron chi connectivity index (χ2n) is 9.23. The van der Waals surface area contributed by atoms with Crippen LogP contribution in [0.1, 0.15) is 78.1 Å². The summed E-state index contributed by atoms with van der Waals surface area (Å²) in [5.41, 5.74) is 0.570. The van der Waals surface area contributed by atoms with Crippen LogP contribution < -0.4 is 5.32 Å². The van der Waals surface area contributed by atoms with Crippen LogP contribution in [0.4, 0.5) is 0 Å². The van der Waals surface area contributed by atoms with Gasteiger partial charge in [0.1, 0.15) is 0 Å².